The zero-order valence-electron chi connectivity index (χ0n) is 14.5. The summed E-state index contributed by atoms with van der Waals surface area (Å²) in [6, 6.07) is 11.5. The van der Waals surface area contributed by atoms with Crippen LogP contribution >= 0.6 is 0 Å². The molecule has 0 aliphatic heterocycles. The van der Waals surface area contributed by atoms with Crippen LogP contribution in [0.1, 0.15) is 18.5 Å². The first kappa shape index (κ1) is 19.7. The molecule has 8 heteroatoms. The van der Waals surface area contributed by atoms with Crippen LogP contribution in [-0.4, -0.2) is 42.2 Å². The predicted molar refractivity (Wildman–Crippen MR) is 91.9 cm³/mol. The molecule has 1 N–H and O–H groups in total. The van der Waals surface area contributed by atoms with Crippen LogP contribution in [0.4, 0.5) is 18.9 Å². The van der Waals surface area contributed by atoms with E-state index in [-0.39, 0.29) is 11.8 Å². The number of aromatic nitrogens is 1. The van der Waals surface area contributed by atoms with Gasteiger partial charge in [-0.15, -0.1) is 0 Å². The molecule has 1 aromatic carbocycles. The monoisotopic (exact) mass is 367 g/mol. The second-order valence-corrected chi connectivity index (χ2v) is 5.66. The number of carbonyl (C=O) groups excluding carboxylic acids is 1. The second kappa shape index (κ2) is 8.66. The van der Waals surface area contributed by atoms with Gasteiger partial charge >= 0.3 is 6.18 Å². The third kappa shape index (κ3) is 5.73. The van der Waals surface area contributed by atoms with Crippen molar-refractivity contribution in [3.63, 3.8) is 0 Å². The average molecular weight is 367 g/mol. The highest BCUT2D eigenvalue weighted by molar-refractivity contribution is 5.95. The molecule has 1 amide bonds. The minimum Gasteiger partial charge on any atom is -0.468 e. The number of nitrogens with one attached hydrogen (secondary N) is 1. The lowest BCUT2D eigenvalue weighted by Gasteiger charge is -2.26. The van der Waals surface area contributed by atoms with Crippen LogP contribution < -0.4 is 10.1 Å². The lowest BCUT2D eigenvalue weighted by Crippen LogP contribution is -2.34. The fraction of sp³-hybridized carbons (Fsp3) is 0.333. The van der Waals surface area contributed by atoms with Crippen LogP contribution in [0.5, 0.6) is 5.88 Å². The molecule has 1 atom stereocenters. The average Bonchev–Trinajstić information content (AvgIpc) is 2.61. The predicted octanol–water partition coefficient (Wildman–Crippen LogP) is 3.65. The van der Waals surface area contributed by atoms with Crippen LogP contribution in [0.2, 0.25) is 0 Å². The quantitative estimate of drug-likeness (QED) is 0.812. The minimum absolute atomic E-state index is 0.161. The van der Waals surface area contributed by atoms with Gasteiger partial charge in [0.25, 0.3) is 0 Å². The van der Waals surface area contributed by atoms with Crippen molar-refractivity contribution in [1.82, 2.24) is 9.88 Å². The summed E-state index contributed by atoms with van der Waals surface area (Å²) in [5, 5.41) is 2.73. The van der Waals surface area contributed by atoms with Crippen LogP contribution in [0, 0.1) is 0 Å². The third-order valence-electron chi connectivity index (χ3n) is 3.69. The maximum Gasteiger partial charge on any atom is 0.422 e. The number of amides is 1. The SMILES string of the molecule is CCN(C)C(C(=O)Nc1ccc(OCC(F)(F)F)nc1)c1ccccc1. The number of benzene rings is 1. The highest BCUT2D eigenvalue weighted by Crippen LogP contribution is 2.22. The molecule has 1 aromatic heterocycles. The molecular formula is C18H20F3N3O2. The number of nitrogens with zero attached hydrogens (tertiary/aromatic N) is 2. The number of likely N-dealkylation sites (N-methyl/N-ethyl adjacent to an activating group) is 1. The van der Waals surface area contributed by atoms with Gasteiger partial charge < -0.3 is 10.1 Å². The first-order valence-electron chi connectivity index (χ1n) is 8.02. The van der Waals surface area contributed by atoms with Crippen molar-refractivity contribution in [2.24, 2.45) is 0 Å². The zero-order valence-corrected chi connectivity index (χ0v) is 14.5. The van der Waals surface area contributed by atoms with Crippen LogP contribution in [-0.2, 0) is 4.79 Å². The maximum absolute atomic E-state index is 12.7. The number of halogens is 3. The number of hydrogen-bond acceptors (Lipinski definition) is 4. The van der Waals surface area contributed by atoms with E-state index in [9.17, 15) is 18.0 Å². The van der Waals surface area contributed by atoms with Crippen molar-refractivity contribution >= 4 is 11.6 Å². The zero-order chi connectivity index (χ0) is 19.2. The Bertz CT molecular complexity index is 706. The van der Waals surface area contributed by atoms with Gasteiger partial charge in [0.1, 0.15) is 6.04 Å². The van der Waals surface area contributed by atoms with Gasteiger partial charge in [-0.25, -0.2) is 4.98 Å². The third-order valence-corrected chi connectivity index (χ3v) is 3.69. The highest BCUT2D eigenvalue weighted by Gasteiger charge is 2.28. The molecule has 0 aliphatic carbocycles. The molecule has 2 rings (SSSR count). The van der Waals surface area contributed by atoms with Gasteiger partial charge in [0.15, 0.2) is 6.61 Å². The lowest BCUT2D eigenvalue weighted by molar-refractivity contribution is -0.154. The smallest absolute Gasteiger partial charge is 0.422 e. The van der Waals surface area contributed by atoms with E-state index >= 15 is 0 Å². The van der Waals surface area contributed by atoms with Gasteiger partial charge in [-0.3, -0.25) is 9.69 Å². The maximum atomic E-state index is 12.7. The van der Waals surface area contributed by atoms with E-state index in [0.717, 1.165) is 5.56 Å². The number of carbonyl (C=O) groups is 1. The molecule has 0 aliphatic rings. The molecule has 5 nitrogen and oxygen atoms in total. The molecule has 0 saturated carbocycles. The first-order chi connectivity index (χ1) is 12.3. The summed E-state index contributed by atoms with van der Waals surface area (Å²) in [6.45, 7) is 1.19. The van der Waals surface area contributed by atoms with Crippen LogP contribution in [0.15, 0.2) is 48.7 Å². The van der Waals surface area contributed by atoms with Crippen molar-refractivity contribution in [1.29, 1.82) is 0 Å². The van der Waals surface area contributed by atoms with Crippen molar-refractivity contribution in [2.75, 3.05) is 25.5 Å². The molecule has 26 heavy (non-hydrogen) atoms. The second-order valence-electron chi connectivity index (χ2n) is 5.66. The van der Waals surface area contributed by atoms with Crippen LogP contribution in [0.3, 0.4) is 0 Å². The lowest BCUT2D eigenvalue weighted by atomic mass is 10.0. The Morgan fingerprint density at radius 3 is 2.46 bits per heavy atom. The number of anilines is 1. The molecule has 1 unspecified atom stereocenters. The molecule has 2 aromatic rings. The number of pyridine rings is 1. The van der Waals surface area contributed by atoms with Crippen molar-refractivity contribution in [3.05, 3.63) is 54.2 Å². The fourth-order valence-corrected chi connectivity index (χ4v) is 2.33. The van der Waals surface area contributed by atoms with Gasteiger partial charge in [-0.2, -0.15) is 13.2 Å². The Morgan fingerprint density at radius 1 is 1.23 bits per heavy atom. The van der Waals surface area contributed by atoms with Gasteiger partial charge in [-0.1, -0.05) is 37.3 Å². The Balaban J connectivity index is 2.07. The number of rotatable bonds is 7. The van der Waals surface area contributed by atoms with Crippen molar-refractivity contribution in [3.8, 4) is 5.88 Å². The van der Waals surface area contributed by atoms with Gasteiger partial charge in [0, 0.05) is 6.07 Å². The van der Waals surface area contributed by atoms with Crippen molar-refractivity contribution in [2.45, 2.75) is 19.1 Å². The molecule has 140 valence electrons. The van der Waals surface area contributed by atoms with E-state index in [0.29, 0.717) is 12.2 Å². The Hall–Kier alpha value is -2.61. The molecule has 0 saturated heterocycles. The molecule has 1 heterocycles. The number of alkyl halides is 3. The van der Waals surface area contributed by atoms with Gasteiger partial charge in [-0.05, 0) is 25.2 Å². The summed E-state index contributed by atoms with van der Waals surface area (Å²) in [5.41, 5.74) is 1.22. The van der Waals surface area contributed by atoms with E-state index in [2.05, 4.69) is 15.0 Å². The highest BCUT2D eigenvalue weighted by atomic mass is 19.4. The summed E-state index contributed by atoms with van der Waals surface area (Å²) < 4.78 is 41.0. The number of ether oxygens (including phenoxy) is 1. The van der Waals surface area contributed by atoms with Crippen LogP contribution in [0.25, 0.3) is 0 Å². The Morgan fingerprint density at radius 2 is 1.92 bits per heavy atom. The largest absolute Gasteiger partial charge is 0.468 e. The Kier molecular flexibility index (Phi) is 6.57. The topological polar surface area (TPSA) is 54.5 Å². The van der Waals surface area contributed by atoms with E-state index in [1.54, 1.807) is 0 Å². The van der Waals surface area contributed by atoms with Crippen molar-refractivity contribution < 1.29 is 22.7 Å². The minimum atomic E-state index is -4.43. The summed E-state index contributed by atoms with van der Waals surface area (Å²) in [7, 11) is 1.84. The standard InChI is InChI=1S/C18H20F3N3O2/c1-3-24(2)16(13-7-5-4-6-8-13)17(25)23-14-9-10-15(22-11-14)26-12-18(19,20)21/h4-11,16H,3,12H2,1-2H3,(H,23,25). The van der Waals surface area contributed by atoms with E-state index in [1.807, 2.05) is 49.2 Å². The van der Waals surface area contributed by atoms with Gasteiger partial charge in [0.05, 0.1) is 11.9 Å². The summed E-state index contributed by atoms with van der Waals surface area (Å²) >= 11 is 0. The Labute approximate surface area is 149 Å². The van der Waals surface area contributed by atoms with E-state index < -0.39 is 18.8 Å². The normalized spacial score (nSPS) is 12.7. The van der Waals surface area contributed by atoms with Gasteiger partial charge in [0.2, 0.25) is 11.8 Å². The summed E-state index contributed by atoms with van der Waals surface area (Å²) in [6.07, 6.45) is -3.17. The number of hydrogen-bond donors (Lipinski definition) is 1. The summed E-state index contributed by atoms with van der Waals surface area (Å²) in [5.74, 6) is -0.420. The first-order valence-corrected chi connectivity index (χ1v) is 8.02. The fourth-order valence-electron chi connectivity index (χ4n) is 2.33. The molecule has 0 fully saturated rings. The summed E-state index contributed by atoms with van der Waals surface area (Å²) in [4.78, 5) is 18.4. The molecule has 0 bridgehead atoms. The molecular weight excluding hydrogens is 347 g/mol. The van der Waals surface area contributed by atoms with E-state index in [1.165, 1.54) is 18.3 Å². The molecule has 0 radical (unpaired) electrons. The van der Waals surface area contributed by atoms with E-state index in [4.69, 9.17) is 0 Å². The molecule has 0 spiro atoms.